The minimum absolute atomic E-state index is 0.403. The molecule has 0 aromatic carbocycles. The van der Waals surface area contributed by atoms with Gasteiger partial charge < -0.3 is 0 Å². The summed E-state index contributed by atoms with van der Waals surface area (Å²) in [5.74, 6) is 0.403. The predicted octanol–water partition coefficient (Wildman–Crippen LogP) is 1.31. The summed E-state index contributed by atoms with van der Waals surface area (Å²) < 4.78 is 0. The fourth-order valence-corrected chi connectivity index (χ4v) is 2.14. The van der Waals surface area contributed by atoms with Crippen molar-refractivity contribution in [1.82, 2.24) is 9.88 Å². The van der Waals surface area contributed by atoms with E-state index in [0.717, 1.165) is 32.5 Å². The van der Waals surface area contributed by atoms with Crippen LogP contribution in [0.2, 0.25) is 0 Å². The lowest BCUT2D eigenvalue weighted by Crippen LogP contribution is -2.32. The first-order chi connectivity index (χ1) is 6.34. The second kappa shape index (κ2) is 3.98. The molecule has 13 heavy (non-hydrogen) atoms. The van der Waals surface area contributed by atoms with Gasteiger partial charge in [0.25, 0.3) is 0 Å². The van der Waals surface area contributed by atoms with Crippen LogP contribution in [0.15, 0.2) is 11.7 Å². The quantitative estimate of drug-likeness (QED) is 0.715. The Hall–Kier alpha value is -0.740. The Morgan fingerprint density at radius 1 is 1.46 bits per heavy atom. The van der Waals surface area contributed by atoms with Gasteiger partial charge in [-0.15, -0.1) is 11.3 Å². The first-order valence-corrected chi connectivity index (χ1v) is 5.34. The fraction of sp³-hybridized carbons (Fsp3) is 0.556. The maximum atomic E-state index is 11.0. The van der Waals surface area contributed by atoms with E-state index in [2.05, 4.69) is 9.88 Å². The molecule has 0 aliphatic carbocycles. The molecule has 0 spiro atoms. The van der Waals surface area contributed by atoms with E-state index in [1.54, 1.807) is 11.3 Å². The molecule has 1 saturated heterocycles. The average Bonchev–Trinajstić information content (AvgIpc) is 2.62. The van der Waals surface area contributed by atoms with E-state index in [0.29, 0.717) is 5.78 Å². The zero-order valence-electron chi connectivity index (χ0n) is 7.40. The van der Waals surface area contributed by atoms with Crippen LogP contribution < -0.4 is 0 Å². The first kappa shape index (κ1) is 8.84. The predicted molar refractivity (Wildman–Crippen MR) is 51.6 cm³/mol. The van der Waals surface area contributed by atoms with Crippen LogP contribution in [0.1, 0.15) is 17.7 Å². The van der Waals surface area contributed by atoms with Crippen LogP contribution in [-0.4, -0.2) is 28.8 Å². The average molecular weight is 196 g/mol. The van der Waals surface area contributed by atoms with E-state index in [1.165, 1.54) is 4.88 Å². The summed E-state index contributed by atoms with van der Waals surface area (Å²) in [6.45, 7) is 2.78. The molecule has 1 aromatic rings. The van der Waals surface area contributed by atoms with Gasteiger partial charge in [-0.3, -0.25) is 14.7 Å². The molecule has 0 N–H and O–H groups in total. The number of thiazole rings is 1. The summed E-state index contributed by atoms with van der Waals surface area (Å²) in [5, 5.41) is 0. The topological polar surface area (TPSA) is 33.2 Å². The number of piperidine rings is 1. The zero-order chi connectivity index (χ0) is 9.10. The Balaban J connectivity index is 1.86. The summed E-state index contributed by atoms with van der Waals surface area (Å²) in [4.78, 5) is 18.6. The fourth-order valence-electron chi connectivity index (χ4n) is 1.50. The molecule has 0 atom stereocenters. The highest BCUT2D eigenvalue weighted by Gasteiger charge is 2.16. The van der Waals surface area contributed by atoms with E-state index in [4.69, 9.17) is 0 Å². The van der Waals surface area contributed by atoms with Crippen molar-refractivity contribution in [3.05, 3.63) is 16.6 Å². The molecule has 2 heterocycles. The molecule has 0 radical (unpaired) electrons. The Morgan fingerprint density at radius 2 is 2.23 bits per heavy atom. The Kier molecular flexibility index (Phi) is 2.71. The van der Waals surface area contributed by atoms with Crippen molar-refractivity contribution in [2.24, 2.45) is 0 Å². The number of aromatic nitrogens is 1. The molecule has 1 aliphatic heterocycles. The van der Waals surface area contributed by atoms with Gasteiger partial charge in [-0.2, -0.15) is 0 Å². The third-order valence-corrected chi connectivity index (χ3v) is 3.04. The molecule has 70 valence electrons. The smallest absolute Gasteiger partial charge is 0.135 e. The summed E-state index contributed by atoms with van der Waals surface area (Å²) >= 11 is 1.68. The number of rotatable bonds is 2. The van der Waals surface area contributed by atoms with Gasteiger partial charge >= 0.3 is 0 Å². The van der Waals surface area contributed by atoms with Crippen molar-refractivity contribution >= 4 is 17.1 Å². The molecular formula is C9H12N2OS. The zero-order valence-corrected chi connectivity index (χ0v) is 8.22. The molecule has 0 saturated carbocycles. The Bertz CT molecular complexity index is 274. The number of Topliss-reactive ketones (excluding diaryl/α,β-unsaturated/α-hetero) is 1. The van der Waals surface area contributed by atoms with E-state index in [-0.39, 0.29) is 0 Å². The molecule has 1 fully saturated rings. The van der Waals surface area contributed by atoms with Gasteiger partial charge in [0.1, 0.15) is 5.78 Å². The Morgan fingerprint density at radius 3 is 2.85 bits per heavy atom. The maximum Gasteiger partial charge on any atom is 0.135 e. The first-order valence-electron chi connectivity index (χ1n) is 4.46. The second-order valence-corrected chi connectivity index (χ2v) is 4.25. The van der Waals surface area contributed by atoms with Crippen molar-refractivity contribution in [3.8, 4) is 0 Å². The number of ketones is 1. The summed E-state index contributed by atoms with van der Waals surface area (Å²) in [6.07, 6.45) is 3.35. The molecule has 3 nitrogen and oxygen atoms in total. The SMILES string of the molecule is O=C1CCN(Cc2cncs2)CC1. The van der Waals surface area contributed by atoms with E-state index < -0.39 is 0 Å². The van der Waals surface area contributed by atoms with Crippen LogP contribution in [0.5, 0.6) is 0 Å². The van der Waals surface area contributed by atoms with E-state index in [9.17, 15) is 4.79 Å². The molecule has 0 bridgehead atoms. The minimum Gasteiger partial charge on any atom is -0.300 e. The van der Waals surface area contributed by atoms with Gasteiger partial charge in [-0.1, -0.05) is 0 Å². The van der Waals surface area contributed by atoms with Crippen molar-refractivity contribution in [3.63, 3.8) is 0 Å². The molecule has 1 aliphatic rings. The summed E-state index contributed by atoms with van der Waals surface area (Å²) in [5.41, 5.74) is 1.85. The van der Waals surface area contributed by atoms with Crippen molar-refractivity contribution < 1.29 is 4.79 Å². The standard InChI is InChI=1S/C9H12N2OS/c12-8-1-3-11(4-2-8)6-9-5-10-7-13-9/h5,7H,1-4,6H2. The van der Waals surface area contributed by atoms with Crippen LogP contribution in [0.4, 0.5) is 0 Å². The second-order valence-electron chi connectivity index (χ2n) is 3.28. The molecule has 0 unspecified atom stereocenters. The third-order valence-electron chi connectivity index (χ3n) is 2.28. The summed E-state index contributed by atoms with van der Waals surface area (Å²) in [6, 6.07) is 0. The van der Waals surface area contributed by atoms with Crippen LogP contribution in [0, 0.1) is 0 Å². The molecular weight excluding hydrogens is 184 g/mol. The van der Waals surface area contributed by atoms with Gasteiger partial charge in [0.2, 0.25) is 0 Å². The third kappa shape index (κ3) is 2.35. The van der Waals surface area contributed by atoms with Crippen molar-refractivity contribution in [2.45, 2.75) is 19.4 Å². The lowest BCUT2D eigenvalue weighted by Gasteiger charge is -2.24. The van der Waals surface area contributed by atoms with Crippen molar-refractivity contribution in [2.75, 3.05) is 13.1 Å². The highest BCUT2D eigenvalue weighted by atomic mass is 32.1. The normalized spacial score (nSPS) is 19.2. The van der Waals surface area contributed by atoms with Crippen molar-refractivity contribution in [1.29, 1.82) is 0 Å². The molecule has 0 amide bonds. The number of nitrogens with zero attached hydrogens (tertiary/aromatic N) is 2. The number of hydrogen-bond donors (Lipinski definition) is 0. The highest BCUT2D eigenvalue weighted by molar-refractivity contribution is 7.09. The Labute approximate surface area is 81.4 Å². The van der Waals surface area contributed by atoms with Gasteiger partial charge in [0, 0.05) is 43.5 Å². The number of carbonyl (C=O) groups excluding carboxylic acids is 1. The largest absolute Gasteiger partial charge is 0.300 e. The van der Waals surface area contributed by atoms with Crippen LogP contribution in [0.3, 0.4) is 0 Å². The summed E-state index contributed by atoms with van der Waals surface area (Å²) in [7, 11) is 0. The lowest BCUT2D eigenvalue weighted by molar-refractivity contribution is -0.121. The van der Waals surface area contributed by atoms with Gasteiger partial charge in [-0.05, 0) is 0 Å². The molecule has 1 aromatic heterocycles. The van der Waals surface area contributed by atoms with Gasteiger partial charge in [-0.25, -0.2) is 0 Å². The number of hydrogen-bond acceptors (Lipinski definition) is 4. The highest BCUT2D eigenvalue weighted by Crippen LogP contribution is 2.13. The van der Waals surface area contributed by atoms with Crippen LogP contribution >= 0.6 is 11.3 Å². The maximum absolute atomic E-state index is 11.0. The molecule has 2 rings (SSSR count). The van der Waals surface area contributed by atoms with Crippen LogP contribution in [0.25, 0.3) is 0 Å². The van der Waals surface area contributed by atoms with E-state index in [1.807, 2.05) is 11.7 Å². The lowest BCUT2D eigenvalue weighted by atomic mass is 10.1. The number of likely N-dealkylation sites (tertiary alicyclic amines) is 1. The van der Waals surface area contributed by atoms with Gasteiger partial charge in [0.05, 0.1) is 5.51 Å². The number of carbonyl (C=O) groups is 1. The van der Waals surface area contributed by atoms with Crippen LogP contribution in [-0.2, 0) is 11.3 Å². The monoisotopic (exact) mass is 196 g/mol. The minimum atomic E-state index is 0.403. The van der Waals surface area contributed by atoms with E-state index >= 15 is 0 Å². The van der Waals surface area contributed by atoms with Gasteiger partial charge in [0.15, 0.2) is 0 Å². The molecule has 4 heteroatoms.